The van der Waals surface area contributed by atoms with E-state index in [2.05, 4.69) is 5.73 Å². The maximum absolute atomic E-state index is 10.6. The fourth-order valence-electron chi connectivity index (χ4n) is 0.546. The first-order chi connectivity index (χ1) is 5.16. The van der Waals surface area contributed by atoms with Crippen molar-refractivity contribution >= 4 is 18.2 Å². The Bertz CT molecular complexity index is 167. The van der Waals surface area contributed by atoms with Crippen LogP contribution < -0.4 is 11.1 Å². The first-order valence-electron chi connectivity index (χ1n) is 3.19. The van der Waals surface area contributed by atoms with E-state index in [1.54, 1.807) is 0 Å². The highest BCUT2D eigenvalue weighted by Crippen LogP contribution is 1.91. The Labute approximate surface area is 63.9 Å². The topological polar surface area (TPSA) is 89.3 Å². The van der Waals surface area contributed by atoms with Crippen LogP contribution in [-0.4, -0.2) is 18.2 Å². The standard InChI is InChI=1S/C6H10N2O3/c7-6(11)8-5(10)3-1-2-4-9/h4H,1-3H2,(H3,7,8,10,11). The fourth-order valence-corrected chi connectivity index (χ4v) is 0.546. The number of rotatable bonds is 4. The van der Waals surface area contributed by atoms with E-state index in [-0.39, 0.29) is 6.42 Å². The number of nitrogens with one attached hydrogen (secondary N) is 1. The summed E-state index contributed by atoms with van der Waals surface area (Å²) in [6, 6.07) is -0.860. The molecule has 0 spiro atoms. The molecule has 0 unspecified atom stereocenters. The van der Waals surface area contributed by atoms with Crippen LogP contribution in [-0.2, 0) is 9.59 Å². The molecule has 0 radical (unpaired) electrons. The van der Waals surface area contributed by atoms with Gasteiger partial charge in [0.2, 0.25) is 5.91 Å². The number of nitrogens with two attached hydrogens (primary N) is 1. The number of unbranched alkanes of at least 4 members (excludes halogenated alkanes) is 1. The van der Waals surface area contributed by atoms with E-state index in [9.17, 15) is 14.4 Å². The Kier molecular flexibility index (Phi) is 4.72. The number of carbonyl (C=O) groups excluding carboxylic acids is 3. The van der Waals surface area contributed by atoms with Crippen LogP contribution in [0.2, 0.25) is 0 Å². The van der Waals surface area contributed by atoms with Crippen LogP contribution in [0, 0.1) is 0 Å². The number of carbonyl (C=O) groups is 3. The Morgan fingerprint density at radius 1 is 1.45 bits per heavy atom. The maximum atomic E-state index is 10.6. The highest BCUT2D eigenvalue weighted by atomic mass is 16.2. The molecule has 0 aliphatic rings. The zero-order valence-electron chi connectivity index (χ0n) is 6.00. The molecular formula is C6H10N2O3. The van der Waals surface area contributed by atoms with Crippen molar-refractivity contribution in [3.8, 4) is 0 Å². The van der Waals surface area contributed by atoms with Gasteiger partial charge in [0.05, 0.1) is 0 Å². The van der Waals surface area contributed by atoms with Crippen molar-refractivity contribution in [1.82, 2.24) is 5.32 Å². The van der Waals surface area contributed by atoms with Crippen LogP contribution >= 0.6 is 0 Å². The van der Waals surface area contributed by atoms with Crippen molar-refractivity contribution in [2.45, 2.75) is 19.3 Å². The summed E-state index contributed by atoms with van der Waals surface area (Å²) in [5.74, 6) is -0.445. The number of urea groups is 1. The summed E-state index contributed by atoms with van der Waals surface area (Å²) in [6.45, 7) is 0. The molecule has 0 aliphatic heterocycles. The molecule has 3 N–H and O–H groups in total. The van der Waals surface area contributed by atoms with E-state index in [0.717, 1.165) is 6.29 Å². The van der Waals surface area contributed by atoms with Gasteiger partial charge in [-0.1, -0.05) is 0 Å². The van der Waals surface area contributed by atoms with Gasteiger partial charge in [-0.15, -0.1) is 0 Å². The van der Waals surface area contributed by atoms with E-state index >= 15 is 0 Å². The van der Waals surface area contributed by atoms with E-state index in [4.69, 9.17) is 0 Å². The number of hydrogen-bond donors (Lipinski definition) is 2. The molecule has 5 nitrogen and oxygen atoms in total. The zero-order chi connectivity index (χ0) is 8.69. The fraction of sp³-hybridized carbons (Fsp3) is 0.500. The van der Waals surface area contributed by atoms with Gasteiger partial charge < -0.3 is 10.5 Å². The van der Waals surface area contributed by atoms with Gasteiger partial charge in [0.1, 0.15) is 6.29 Å². The van der Waals surface area contributed by atoms with Crippen LogP contribution in [0.5, 0.6) is 0 Å². The average molecular weight is 158 g/mol. The smallest absolute Gasteiger partial charge is 0.318 e. The minimum Gasteiger partial charge on any atom is -0.351 e. The average Bonchev–Trinajstić information content (AvgIpc) is 1.86. The van der Waals surface area contributed by atoms with Gasteiger partial charge >= 0.3 is 6.03 Å². The Hall–Kier alpha value is -1.39. The Balaban J connectivity index is 3.37. The molecule has 62 valence electrons. The first-order valence-corrected chi connectivity index (χ1v) is 3.19. The summed E-state index contributed by atoms with van der Waals surface area (Å²) in [4.78, 5) is 30.4. The molecule has 0 aromatic rings. The van der Waals surface area contributed by atoms with Crippen molar-refractivity contribution in [2.24, 2.45) is 5.73 Å². The molecule has 0 aliphatic carbocycles. The number of amides is 3. The predicted octanol–water partition coefficient (Wildman–Crippen LogP) is -0.450. The van der Waals surface area contributed by atoms with Crippen LogP contribution in [0.1, 0.15) is 19.3 Å². The van der Waals surface area contributed by atoms with Crippen LogP contribution in [0.4, 0.5) is 4.79 Å². The molecular weight excluding hydrogens is 148 g/mol. The molecule has 0 atom stereocenters. The largest absolute Gasteiger partial charge is 0.351 e. The summed E-state index contributed by atoms with van der Waals surface area (Å²) in [5, 5.41) is 1.89. The summed E-state index contributed by atoms with van der Waals surface area (Å²) in [7, 11) is 0. The van der Waals surface area contributed by atoms with Gasteiger partial charge in [-0.25, -0.2) is 4.79 Å². The van der Waals surface area contributed by atoms with Crippen molar-refractivity contribution in [1.29, 1.82) is 0 Å². The Morgan fingerprint density at radius 3 is 2.55 bits per heavy atom. The molecule has 0 aromatic carbocycles. The van der Waals surface area contributed by atoms with Gasteiger partial charge in [0, 0.05) is 12.8 Å². The third-order valence-electron chi connectivity index (χ3n) is 0.988. The minimum absolute atomic E-state index is 0.154. The second-order valence-electron chi connectivity index (χ2n) is 1.97. The van der Waals surface area contributed by atoms with E-state index in [1.807, 2.05) is 5.32 Å². The molecule has 0 saturated heterocycles. The predicted molar refractivity (Wildman–Crippen MR) is 37.6 cm³/mol. The van der Waals surface area contributed by atoms with E-state index < -0.39 is 11.9 Å². The molecule has 11 heavy (non-hydrogen) atoms. The van der Waals surface area contributed by atoms with Gasteiger partial charge in [-0.2, -0.15) is 0 Å². The maximum Gasteiger partial charge on any atom is 0.318 e. The van der Waals surface area contributed by atoms with Crippen molar-refractivity contribution in [2.75, 3.05) is 0 Å². The quantitative estimate of drug-likeness (QED) is 0.429. The molecule has 0 saturated carbocycles. The normalized spacial score (nSPS) is 8.73. The monoisotopic (exact) mass is 158 g/mol. The number of aldehydes is 1. The van der Waals surface area contributed by atoms with Crippen molar-refractivity contribution < 1.29 is 14.4 Å². The van der Waals surface area contributed by atoms with Crippen molar-refractivity contribution in [3.05, 3.63) is 0 Å². The third kappa shape index (κ3) is 6.50. The molecule has 5 heteroatoms. The lowest BCUT2D eigenvalue weighted by atomic mass is 10.2. The molecule has 0 fully saturated rings. The molecule has 0 heterocycles. The molecule has 0 bridgehead atoms. The highest BCUT2D eigenvalue weighted by molar-refractivity contribution is 5.93. The van der Waals surface area contributed by atoms with Gasteiger partial charge in [0.25, 0.3) is 0 Å². The minimum atomic E-state index is -0.860. The third-order valence-corrected chi connectivity index (χ3v) is 0.988. The summed E-state index contributed by atoms with van der Waals surface area (Å²) in [5.41, 5.74) is 4.66. The summed E-state index contributed by atoms with van der Waals surface area (Å²) in [6.07, 6.45) is 1.65. The molecule has 3 amide bonds. The Morgan fingerprint density at radius 2 is 2.09 bits per heavy atom. The SMILES string of the molecule is NC(=O)NC(=O)CCCC=O. The van der Waals surface area contributed by atoms with E-state index in [1.165, 1.54) is 0 Å². The van der Waals surface area contributed by atoms with Crippen LogP contribution in [0.25, 0.3) is 0 Å². The zero-order valence-corrected chi connectivity index (χ0v) is 6.00. The highest BCUT2D eigenvalue weighted by Gasteiger charge is 2.01. The molecule has 0 aromatic heterocycles. The van der Waals surface area contributed by atoms with Gasteiger partial charge in [0.15, 0.2) is 0 Å². The number of imide groups is 1. The van der Waals surface area contributed by atoms with Gasteiger partial charge in [-0.3, -0.25) is 10.1 Å². The second kappa shape index (κ2) is 5.40. The lowest BCUT2D eigenvalue weighted by Gasteiger charge is -1.96. The summed E-state index contributed by atoms with van der Waals surface area (Å²) < 4.78 is 0. The number of hydrogen-bond acceptors (Lipinski definition) is 3. The second-order valence-corrected chi connectivity index (χ2v) is 1.97. The number of primary amides is 1. The lowest BCUT2D eigenvalue weighted by molar-refractivity contribution is -0.120. The van der Waals surface area contributed by atoms with Gasteiger partial charge in [-0.05, 0) is 6.42 Å². The van der Waals surface area contributed by atoms with Crippen molar-refractivity contribution in [3.63, 3.8) is 0 Å². The summed E-state index contributed by atoms with van der Waals surface area (Å²) >= 11 is 0. The molecule has 0 rings (SSSR count). The first kappa shape index (κ1) is 9.61. The van der Waals surface area contributed by atoms with E-state index in [0.29, 0.717) is 12.8 Å². The van der Waals surface area contributed by atoms with Crippen LogP contribution in [0.15, 0.2) is 0 Å². The lowest BCUT2D eigenvalue weighted by Crippen LogP contribution is -2.34. The van der Waals surface area contributed by atoms with Crippen LogP contribution in [0.3, 0.4) is 0 Å².